The fraction of sp³-hybridized carbons (Fsp3) is 0.105. The van der Waals surface area contributed by atoms with Gasteiger partial charge >= 0.3 is 0 Å². The number of aromatic nitrogens is 3. The summed E-state index contributed by atoms with van der Waals surface area (Å²) in [6, 6.07) is 15.8. The molecule has 3 heterocycles. The standard InChI is InChI=1S/C19H13N3O3S/c1-2-4-14-12(3-1)7-8-20-19(14)26-10-17-21-18(22-25-17)13-5-6-15-16(9-13)24-11-23-15/h1-9H,10-11H2. The third-order valence-corrected chi connectivity index (χ3v) is 5.06. The van der Waals surface area contributed by atoms with Gasteiger partial charge in [0.25, 0.3) is 0 Å². The zero-order valence-corrected chi connectivity index (χ0v) is 14.4. The molecule has 0 radical (unpaired) electrons. The van der Waals surface area contributed by atoms with Crippen molar-refractivity contribution in [2.24, 2.45) is 0 Å². The third-order valence-electron chi connectivity index (χ3n) is 4.07. The smallest absolute Gasteiger partial charge is 0.237 e. The number of rotatable bonds is 4. The summed E-state index contributed by atoms with van der Waals surface area (Å²) < 4.78 is 16.1. The second kappa shape index (κ2) is 6.34. The van der Waals surface area contributed by atoms with Gasteiger partial charge in [0.05, 0.1) is 5.75 Å². The van der Waals surface area contributed by atoms with Crippen LogP contribution in [0.4, 0.5) is 0 Å². The molecule has 0 saturated carbocycles. The predicted octanol–water partition coefficient (Wildman–Crippen LogP) is 4.31. The molecule has 0 unspecified atom stereocenters. The van der Waals surface area contributed by atoms with Gasteiger partial charge in [-0.2, -0.15) is 4.98 Å². The molecule has 6 nitrogen and oxygen atoms in total. The van der Waals surface area contributed by atoms with Crippen LogP contribution in [0.5, 0.6) is 11.5 Å². The van der Waals surface area contributed by atoms with E-state index in [9.17, 15) is 0 Å². The van der Waals surface area contributed by atoms with E-state index in [1.165, 1.54) is 0 Å². The van der Waals surface area contributed by atoms with Gasteiger partial charge < -0.3 is 14.0 Å². The van der Waals surface area contributed by atoms with E-state index in [4.69, 9.17) is 14.0 Å². The molecule has 0 aliphatic carbocycles. The fourth-order valence-electron chi connectivity index (χ4n) is 2.80. The minimum Gasteiger partial charge on any atom is -0.454 e. The van der Waals surface area contributed by atoms with Crippen molar-refractivity contribution in [1.29, 1.82) is 0 Å². The molecule has 2 aromatic carbocycles. The Morgan fingerprint density at radius 3 is 2.92 bits per heavy atom. The highest BCUT2D eigenvalue weighted by atomic mass is 32.2. The van der Waals surface area contributed by atoms with Gasteiger partial charge in [-0.3, -0.25) is 0 Å². The molecule has 0 fully saturated rings. The van der Waals surface area contributed by atoms with Gasteiger partial charge in [0.1, 0.15) is 5.03 Å². The highest BCUT2D eigenvalue weighted by molar-refractivity contribution is 7.98. The zero-order chi connectivity index (χ0) is 17.3. The van der Waals surface area contributed by atoms with Crippen LogP contribution in [0.1, 0.15) is 5.89 Å². The van der Waals surface area contributed by atoms with E-state index >= 15 is 0 Å². The first-order valence-corrected chi connectivity index (χ1v) is 9.04. The quantitative estimate of drug-likeness (QED) is 0.500. The molecule has 5 rings (SSSR count). The molecule has 128 valence electrons. The van der Waals surface area contributed by atoms with E-state index in [0.29, 0.717) is 23.2 Å². The highest BCUT2D eigenvalue weighted by Gasteiger charge is 2.16. The third kappa shape index (κ3) is 2.76. The van der Waals surface area contributed by atoms with Crippen LogP contribution in [-0.2, 0) is 5.75 Å². The Kier molecular flexibility index (Phi) is 3.71. The maximum absolute atomic E-state index is 5.39. The lowest BCUT2D eigenvalue weighted by molar-refractivity contribution is 0.174. The van der Waals surface area contributed by atoms with Crippen LogP contribution in [-0.4, -0.2) is 21.9 Å². The van der Waals surface area contributed by atoms with E-state index in [0.717, 1.165) is 27.1 Å². The molecule has 0 saturated heterocycles. The monoisotopic (exact) mass is 363 g/mol. The van der Waals surface area contributed by atoms with E-state index in [-0.39, 0.29) is 6.79 Å². The molecule has 7 heteroatoms. The van der Waals surface area contributed by atoms with Crippen LogP contribution in [0.3, 0.4) is 0 Å². The molecular formula is C19H13N3O3S. The lowest BCUT2D eigenvalue weighted by Gasteiger charge is -2.03. The summed E-state index contributed by atoms with van der Waals surface area (Å²) in [6.07, 6.45) is 1.82. The summed E-state index contributed by atoms with van der Waals surface area (Å²) in [6.45, 7) is 0.241. The average Bonchev–Trinajstić information content (AvgIpc) is 3.35. The number of nitrogens with zero attached hydrogens (tertiary/aromatic N) is 3. The van der Waals surface area contributed by atoms with Crippen LogP contribution >= 0.6 is 11.8 Å². The molecule has 1 aliphatic rings. The van der Waals surface area contributed by atoms with E-state index < -0.39 is 0 Å². The minimum atomic E-state index is 0.241. The van der Waals surface area contributed by atoms with Gasteiger partial charge in [-0.1, -0.05) is 41.2 Å². The number of ether oxygens (including phenoxy) is 2. The molecule has 1 aliphatic heterocycles. The van der Waals surface area contributed by atoms with Gasteiger partial charge in [-0.15, -0.1) is 0 Å². The molecule has 0 N–H and O–H groups in total. The van der Waals surface area contributed by atoms with Gasteiger partial charge in [0.15, 0.2) is 11.5 Å². The first-order chi connectivity index (χ1) is 12.9. The van der Waals surface area contributed by atoms with Crippen molar-refractivity contribution in [2.45, 2.75) is 10.8 Å². The number of benzene rings is 2. The van der Waals surface area contributed by atoms with Gasteiger partial charge in [-0.05, 0) is 29.7 Å². The van der Waals surface area contributed by atoms with Crippen LogP contribution in [0.25, 0.3) is 22.2 Å². The first-order valence-electron chi connectivity index (χ1n) is 8.06. The molecule has 0 amide bonds. The molecule has 0 atom stereocenters. The SMILES string of the molecule is c1ccc2c(SCc3nc(-c4ccc5c(c4)OCO5)no3)nccc2c1. The van der Waals surface area contributed by atoms with E-state index in [2.05, 4.69) is 27.3 Å². The molecule has 26 heavy (non-hydrogen) atoms. The molecule has 0 spiro atoms. The first kappa shape index (κ1) is 15.2. The topological polar surface area (TPSA) is 70.3 Å². The Morgan fingerprint density at radius 2 is 1.92 bits per heavy atom. The van der Waals surface area contributed by atoms with Crippen molar-refractivity contribution >= 4 is 22.5 Å². The second-order valence-electron chi connectivity index (χ2n) is 5.71. The van der Waals surface area contributed by atoms with Crippen molar-refractivity contribution in [3.8, 4) is 22.9 Å². The van der Waals surface area contributed by atoms with E-state index in [1.54, 1.807) is 11.8 Å². The minimum absolute atomic E-state index is 0.241. The Balaban J connectivity index is 1.36. The zero-order valence-electron chi connectivity index (χ0n) is 13.6. The molecule has 2 aromatic heterocycles. The van der Waals surface area contributed by atoms with Crippen molar-refractivity contribution in [1.82, 2.24) is 15.1 Å². The Labute approximate surface area is 153 Å². The highest BCUT2D eigenvalue weighted by Crippen LogP contribution is 2.35. The Morgan fingerprint density at radius 1 is 1.00 bits per heavy atom. The average molecular weight is 363 g/mol. The summed E-state index contributed by atoms with van der Waals surface area (Å²) in [5.41, 5.74) is 0.831. The maximum Gasteiger partial charge on any atom is 0.237 e. The molecule has 4 aromatic rings. The Hall–Kier alpha value is -3.06. The van der Waals surface area contributed by atoms with Crippen molar-refractivity contribution in [3.05, 3.63) is 60.6 Å². The summed E-state index contributed by atoms with van der Waals surface area (Å²) in [4.78, 5) is 8.95. The van der Waals surface area contributed by atoms with Crippen molar-refractivity contribution in [3.63, 3.8) is 0 Å². The predicted molar refractivity (Wildman–Crippen MR) is 97.2 cm³/mol. The number of fused-ring (bicyclic) bond motifs is 2. The van der Waals surface area contributed by atoms with Gasteiger partial charge in [0.2, 0.25) is 18.5 Å². The van der Waals surface area contributed by atoms with Crippen LogP contribution in [0.2, 0.25) is 0 Å². The number of thioether (sulfide) groups is 1. The fourth-order valence-corrected chi connectivity index (χ4v) is 3.66. The van der Waals surface area contributed by atoms with Crippen LogP contribution in [0, 0.1) is 0 Å². The number of hydrogen-bond donors (Lipinski definition) is 0. The summed E-state index contributed by atoms with van der Waals surface area (Å²) >= 11 is 1.58. The number of pyridine rings is 1. The normalized spacial score (nSPS) is 12.6. The largest absolute Gasteiger partial charge is 0.454 e. The van der Waals surface area contributed by atoms with Gasteiger partial charge in [0, 0.05) is 17.1 Å². The van der Waals surface area contributed by atoms with Crippen LogP contribution in [0.15, 0.2) is 64.3 Å². The second-order valence-corrected chi connectivity index (χ2v) is 6.67. The lowest BCUT2D eigenvalue weighted by Crippen LogP contribution is -1.92. The van der Waals surface area contributed by atoms with Gasteiger partial charge in [-0.25, -0.2) is 4.98 Å². The van der Waals surface area contributed by atoms with Crippen molar-refractivity contribution in [2.75, 3.05) is 6.79 Å². The Bertz CT molecular complexity index is 1090. The van der Waals surface area contributed by atoms with E-state index in [1.807, 2.05) is 42.6 Å². The molecular weight excluding hydrogens is 350 g/mol. The molecule has 0 bridgehead atoms. The number of hydrogen-bond acceptors (Lipinski definition) is 7. The summed E-state index contributed by atoms with van der Waals surface area (Å²) in [5, 5.41) is 7.30. The summed E-state index contributed by atoms with van der Waals surface area (Å²) in [5.74, 6) is 3.07. The lowest BCUT2D eigenvalue weighted by atomic mass is 10.2. The van der Waals surface area contributed by atoms with Crippen LogP contribution < -0.4 is 9.47 Å². The summed E-state index contributed by atoms with van der Waals surface area (Å²) in [7, 11) is 0. The maximum atomic E-state index is 5.39. The van der Waals surface area contributed by atoms with Crippen molar-refractivity contribution < 1.29 is 14.0 Å².